The summed E-state index contributed by atoms with van der Waals surface area (Å²) in [5, 5.41) is 12.3. The normalized spacial score (nSPS) is 24.7. The summed E-state index contributed by atoms with van der Waals surface area (Å²) in [6, 6.07) is 0. The van der Waals surface area contributed by atoms with Gasteiger partial charge in [-0.3, -0.25) is 4.79 Å². The number of hydrogen-bond donors (Lipinski definition) is 3. The molecule has 0 spiro atoms. The van der Waals surface area contributed by atoms with Crippen LogP contribution in [0.2, 0.25) is 0 Å². The fourth-order valence-corrected chi connectivity index (χ4v) is 3.13. The Hall–Kier alpha value is -0.610. The minimum atomic E-state index is 0.111. The third-order valence-electron chi connectivity index (χ3n) is 4.22. The average molecular weight is 270 g/mol. The molecule has 0 saturated heterocycles. The van der Waals surface area contributed by atoms with Crippen LogP contribution in [0.3, 0.4) is 0 Å². The van der Waals surface area contributed by atoms with Gasteiger partial charge in [-0.05, 0) is 49.5 Å². The van der Waals surface area contributed by atoms with E-state index >= 15 is 0 Å². The lowest BCUT2D eigenvalue weighted by Gasteiger charge is -2.20. The summed E-state index contributed by atoms with van der Waals surface area (Å²) in [4.78, 5) is 11.9. The van der Waals surface area contributed by atoms with Crippen molar-refractivity contribution in [2.45, 2.75) is 46.0 Å². The van der Waals surface area contributed by atoms with E-state index < -0.39 is 0 Å². The molecule has 4 nitrogen and oxygen atoms in total. The molecular weight excluding hydrogens is 240 g/mol. The number of nitrogens with one attached hydrogen (secondary N) is 1. The Labute approximate surface area is 117 Å². The van der Waals surface area contributed by atoms with E-state index in [-0.39, 0.29) is 18.4 Å². The molecule has 0 aromatic heterocycles. The molecule has 0 bridgehead atoms. The van der Waals surface area contributed by atoms with Crippen LogP contribution in [0.5, 0.6) is 0 Å². The molecule has 112 valence electrons. The van der Waals surface area contributed by atoms with E-state index in [9.17, 15) is 9.90 Å². The quantitative estimate of drug-likeness (QED) is 0.626. The van der Waals surface area contributed by atoms with Crippen LogP contribution >= 0.6 is 0 Å². The number of nitrogens with two attached hydrogens (primary N) is 1. The van der Waals surface area contributed by atoms with Crippen LogP contribution in [-0.4, -0.2) is 30.7 Å². The molecule has 0 heterocycles. The van der Waals surface area contributed by atoms with Crippen molar-refractivity contribution < 1.29 is 9.90 Å². The molecule has 0 aromatic carbocycles. The summed E-state index contributed by atoms with van der Waals surface area (Å²) in [7, 11) is 0. The van der Waals surface area contributed by atoms with E-state index in [2.05, 4.69) is 19.2 Å². The summed E-state index contributed by atoms with van der Waals surface area (Å²) >= 11 is 0. The Kier molecular flexibility index (Phi) is 7.39. The second-order valence-corrected chi connectivity index (χ2v) is 6.37. The minimum absolute atomic E-state index is 0.111. The smallest absolute Gasteiger partial charge is 0.220 e. The summed E-state index contributed by atoms with van der Waals surface area (Å²) in [6.45, 7) is 5.85. The molecule has 0 radical (unpaired) electrons. The topological polar surface area (TPSA) is 75.4 Å². The standard InChI is InChI=1S/C15H30N2O2/c1-11(2)6-12(8-16)7-15(19)17-9-13-4-3-5-14(13)10-18/h11-14,18H,3-10,16H2,1-2H3,(H,17,19)/t12-,13?,14?/m0/s1. The summed E-state index contributed by atoms with van der Waals surface area (Å²) < 4.78 is 0. The van der Waals surface area contributed by atoms with Crippen LogP contribution in [0.4, 0.5) is 0 Å². The number of rotatable bonds is 8. The maximum absolute atomic E-state index is 11.9. The van der Waals surface area contributed by atoms with E-state index in [1.54, 1.807) is 0 Å². The first-order valence-corrected chi connectivity index (χ1v) is 7.64. The molecule has 4 heteroatoms. The van der Waals surface area contributed by atoms with Gasteiger partial charge in [0.1, 0.15) is 0 Å². The summed E-state index contributed by atoms with van der Waals surface area (Å²) in [5.41, 5.74) is 5.72. The van der Waals surface area contributed by atoms with Crippen LogP contribution < -0.4 is 11.1 Å². The second-order valence-electron chi connectivity index (χ2n) is 6.37. The van der Waals surface area contributed by atoms with Crippen LogP contribution in [-0.2, 0) is 4.79 Å². The Morgan fingerprint density at radius 3 is 2.63 bits per heavy atom. The molecule has 0 aromatic rings. The number of carbonyl (C=O) groups excluding carboxylic acids is 1. The fraction of sp³-hybridized carbons (Fsp3) is 0.933. The molecule has 1 aliphatic carbocycles. The average Bonchev–Trinajstić information content (AvgIpc) is 2.82. The van der Waals surface area contributed by atoms with Crippen molar-refractivity contribution in [2.75, 3.05) is 19.7 Å². The number of aliphatic hydroxyl groups is 1. The third kappa shape index (κ3) is 5.91. The fourth-order valence-electron chi connectivity index (χ4n) is 3.13. The zero-order valence-electron chi connectivity index (χ0n) is 12.4. The molecular formula is C15H30N2O2. The van der Waals surface area contributed by atoms with Gasteiger partial charge >= 0.3 is 0 Å². The van der Waals surface area contributed by atoms with Gasteiger partial charge in [0.25, 0.3) is 0 Å². The SMILES string of the molecule is CC(C)C[C@H](CN)CC(=O)NCC1CCCC1CO. The zero-order valence-corrected chi connectivity index (χ0v) is 12.4. The van der Waals surface area contributed by atoms with Crippen LogP contribution in [0.1, 0.15) is 46.0 Å². The van der Waals surface area contributed by atoms with Crippen LogP contribution in [0, 0.1) is 23.7 Å². The molecule has 1 amide bonds. The lowest BCUT2D eigenvalue weighted by Crippen LogP contribution is -2.34. The van der Waals surface area contributed by atoms with Gasteiger partial charge < -0.3 is 16.2 Å². The Morgan fingerprint density at radius 1 is 1.37 bits per heavy atom. The second kappa shape index (κ2) is 8.54. The predicted molar refractivity (Wildman–Crippen MR) is 77.5 cm³/mol. The van der Waals surface area contributed by atoms with Gasteiger partial charge in [0.15, 0.2) is 0 Å². The summed E-state index contributed by atoms with van der Waals surface area (Å²) in [5.74, 6) is 1.81. The maximum atomic E-state index is 11.9. The van der Waals surface area contributed by atoms with Crippen LogP contribution in [0.25, 0.3) is 0 Å². The Balaban J connectivity index is 2.26. The highest BCUT2D eigenvalue weighted by atomic mass is 16.3. The molecule has 3 atom stereocenters. The lowest BCUT2D eigenvalue weighted by atomic mass is 9.93. The number of amides is 1. The van der Waals surface area contributed by atoms with Crippen molar-refractivity contribution in [3.8, 4) is 0 Å². The van der Waals surface area contributed by atoms with E-state index in [0.717, 1.165) is 19.3 Å². The van der Waals surface area contributed by atoms with Gasteiger partial charge in [-0.2, -0.15) is 0 Å². The van der Waals surface area contributed by atoms with Gasteiger partial charge in [0.05, 0.1) is 0 Å². The van der Waals surface area contributed by atoms with Crippen molar-refractivity contribution in [1.82, 2.24) is 5.32 Å². The van der Waals surface area contributed by atoms with E-state index in [1.165, 1.54) is 6.42 Å². The monoisotopic (exact) mass is 270 g/mol. The van der Waals surface area contributed by atoms with Gasteiger partial charge in [0, 0.05) is 19.6 Å². The molecule has 19 heavy (non-hydrogen) atoms. The van der Waals surface area contributed by atoms with Crippen molar-refractivity contribution in [3.63, 3.8) is 0 Å². The molecule has 1 aliphatic rings. The van der Waals surface area contributed by atoms with E-state index in [4.69, 9.17) is 5.73 Å². The van der Waals surface area contributed by atoms with Gasteiger partial charge in [-0.15, -0.1) is 0 Å². The highest BCUT2D eigenvalue weighted by Gasteiger charge is 2.26. The van der Waals surface area contributed by atoms with Gasteiger partial charge in [-0.25, -0.2) is 0 Å². The lowest BCUT2D eigenvalue weighted by molar-refractivity contribution is -0.122. The first kappa shape index (κ1) is 16.4. The van der Waals surface area contributed by atoms with E-state index in [1.807, 2.05) is 0 Å². The minimum Gasteiger partial charge on any atom is -0.396 e. The first-order valence-electron chi connectivity index (χ1n) is 7.64. The Morgan fingerprint density at radius 2 is 2.05 bits per heavy atom. The van der Waals surface area contributed by atoms with Crippen molar-refractivity contribution in [3.05, 3.63) is 0 Å². The van der Waals surface area contributed by atoms with Crippen molar-refractivity contribution in [1.29, 1.82) is 0 Å². The van der Waals surface area contributed by atoms with Crippen molar-refractivity contribution in [2.24, 2.45) is 29.4 Å². The summed E-state index contributed by atoms with van der Waals surface area (Å²) in [6.07, 6.45) is 4.93. The number of carbonyl (C=O) groups is 1. The first-order chi connectivity index (χ1) is 9.06. The zero-order chi connectivity index (χ0) is 14.3. The largest absolute Gasteiger partial charge is 0.396 e. The Bertz CT molecular complexity index is 269. The number of aliphatic hydroxyl groups excluding tert-OH is 1. The molecule has 4 N–H and O–H groups in total. The highest BCUT2D eigenvalue weighted by molar-refractivity contribution is 5.76. The maximum Gasteiger partial charge on any atom is 0.220 e. The van der Waals surface area contributed by atoms with Crippen molar-refractivity contribution >= 4 is 5.91 Å². The van der Waals surface area contributed by atoms with E-state index in [0.29, 0.717) is 37.3 Å². The molecule has 1 fully saturated rings. The molecule has 1 rings (SSSR count). The van der Waals surface area contributed by atoms with Crippen LogP contribution in [0.15, 0.2) is 0 Å². The van der Waals surface area contributed by atoms with Gasteiger partial charge in [-0.1, -0.05) is 20.3 Å². The molecule has 2 unspecified atom stereocenters. The predicted octanol–water partition coefficient (Wildman–Crippen LogP) is 1.52. The highest BCUT2D eigenvalue weighted by Crippen LogP contribution is 2.30. The molecule has 1 saturated carbocycles. The molecule has 0 aliphatic heterocycles. The third-order valence-corrected chi connectivity index (χ3v) is 4.22. The number of hydrogen-bond acceptors (Lipinski definition) is 3. The van der Waals surface area contributed by atoms with Gasteiger partial charge in [0.2, 0.25) is 5.91 Å².